The third-order valence-corrected chi connectivity index (χ3v) is 3.54. The number of benzene rings is 1. The summed E-state index contributed by atoms with van der Waals surface area (Å²) in [5.41, 5.74) is 1.03. The molecule has 3 nitrogen and oxygen atoms in total. The molecule has 5 heteroatoms. The molecule has 0 radical (unpaired) electrons. The van der Waals surface area contributed by atoms with Crippen LogP contribution in [-0.2, 0) is 11.2 Å². The van der Waals surface area contributed by atoms with Crippen molar-refractivity contribution in [3.8, 4) is 0 Å². The number of amides is 1. The highest BCUT2D eigenvalue weighted by atomic mass is 79.9. The minimum absolute atomic E-state index is 0. The average Bonchev–Trinajstić information content (AvgIpc) is 3.12. The van der Waals surface area contributed by atoms with Gasteiger partial charge in [0.15, 0.2) is 0 Å². The van der Waals surface area contributed by atoms with Gasteiger partial charge >= 0.3 is 0 Å². The fraction of sp³-hybridized carbons (Fsp3) is 0.462. The maximum absolute atomic E-state index is 11.7. The second kappa shape index (κ2) is 7.77. The second-order valence-corrected chi connectivity index (χ2v) is 5.20. The summed E-state index contributed by atoms with van der Waals surface area (Å²) in [6, 6.07) is 8.52. The summed E-state index contributed by atoms with van der Waals surface area (Å²) >= 11 is 3.44. The molecule has 0 heterocycles. The lowest BCUT2D eigenvalue weighted by Gasteiger charge is -2.07. The van der Waals surface area contributed by atoms with Crippen molar-refractivity contribution in [3.05, 3.63) is 34.3 Å². The van der Waals surface area contributed by atoms with Crippen LogP contribution in [0.2, 0.25) is 0 Å². The molecule has 0 aromatic heterocycles. The first-order valence-corrected chi connectivity index (χ1v) is 6.78. The van der Waals surface area contributed by atoms with Gasteiger partial charge in [-0.15, -0.1) is 12.4 Å². The number of nitrogens with one attached hydrogen (secondary N) is 2. The van der Waals surface area contributed by atoms with Crippen molar-refractivity contribution in [1.82, 2.24) is 10.6 Å². The van der Waals surface area contributed by atoms with E-state index in [-0.39, 0.29) is 18.3 Å². The summed E-state index contributed by atoms with van der Waals surface area (Å²) in [6.45, 7) is 1.58. The summed E-state index contributed by atoms with van der Waals surface area (Å²) in [7, 11) is 0. The van der Waals surface area contributed by atoms with Gasteiger partial charge in [0.2, 0.25) is 5.91 Å². The molecule has 0 unspecified atom stereocenters. The molecule has 1 aliphatic rings. The molecule has 1 aromatic carbocycles. The maximum atomic E-state index is 11.7. The molecular formula is C13H18BrClN2O. The van der Waals surface area contributed by atoms with E-state index in [9.17, 15) is 4.79 Å². The van der Waals surface area contributed by atoms with E-state index in [0.29, 0.717) is 19.0 Å². The quantitative estimate of drug-likeness (QED) is 0.784. The van der Waals surface area contributed by atoms with Crippen molar-refractivity contribution in [3.63, 3.8) is 0 Å². The largest absolute Gasteiger partial charge is 0.355 e. The van der Waals surface area contributed by atoms with Crippen LogP contribution in [-0.4, -0.2) is 25.0 Å². The van der Waals surface area contributed by atoms with E-state index in [0.717, 1.165) is 16.6 Å². The van der Waals surface area contributed by atoms with Crippen molar-refractivity contribution >= 4 is 34.2 Å². The molecule has 1 amide bonds. The van der Waals surface area contributed by atoms with Crippen LogP contribution < -0.4 is 10.6 Å². The van der Waals surface area contributed by atoms with Crippen molar-refractivity contribution in [1.29, 1.82) is 0 Å². The Balaban J connectivity index is 0.00000162. The van der Waals surface area contributed by atoms with Crippen LogP contribution in [0.5, 0.6) is 0 Å². The Kier molecular flexibility index (Phi) is 6.68. The van der Waals surface area contributed by atoms with Gasteiger partial charge in [0.1, 0.15) is 0 Å². The highest BCUT2D eigenvalue weighted by Gasteiger charge is 2.19. The van der Waals surface area contributed by atoms with E-state index in [2.05, 4.69) is 26.6 Å². The third kappa shape index (κ3) is 5.38. The van der Waals surface area contributed by atoms with Crippen molar-refractivity contribution in [2.75, 3.05) is 13.1 Å². The first kappa shape index (κ1) is 15.5. The molecule has 0 bridgehead atoms. The van der Waals surface area contributed by atoms with Crippen LogP contribution in [0.25, 0.3) is 0 Å². The molecule has 1 saturated carbocycles. The van der Waals surface area contributed by atoms with Gasteiger partial charge in [-0.1, -0.05) is 34.1 Å². The molecule has 18 heavy (non-hydrogen) atoms. The Morgan fingerprint density at radius 2 is 2.00 bits per heavy atom. The summed E-state index contributed by atoms with van der Waals surface area (Å²) in [4.78, 5) is 11.7. The number of hydrogen-bond acceptors (Lipinski definition) is 2. The Morgan fingerprint density at radius 1 is 1.28 bits per heavy atom. The van der Waals surface area contributed by atoms with E-state index in [1.54, 1.807) is 0 Å². The lowest BCUT2D eigenvalue weighted by Crippen LogP contribution is -2.33. The lowest BCUT2D eigenvalue weighted by atomic mass is 10.1. The average molecular weight is 334 g/mol. The predicted octanol–water partition coefficient (Wildman–Crippen LogP) is 2.28. The van der Waals surface area contributed by atoms with Gasteiger partial charge in [-0.2, -0.15) is 0 Å². The molecule has 0 saturated heterocycles. The van der Waals surface area contributed by atoms with Gasteiger partial charge < -0.3 is 10.6 Å². The van der Waals surface area contributed by atoms with Crippen molar-refractivity contribution < 1.29 is 4.79 Å². The highest BCUT2D eigenvalue weighted by molar-refractivity contribution is 9.10. The van der Waals surface area contributed by atoms with Crippen molar-refractivity contribution in [2.45, 2.75) is 25.3 Å². The molecule has 1 fully saturated rings. The standard InChI is InChI=1S/C13H17BrN2O.ClH/c14-12-4-2-1-3-10(12)9-13(17)16-8-7-15-11-5-6-11;/h1-4,11,15H,5-9H2,(H,16,17);1H. The summed E-state index contributed by atoms with van der Waals surface area (Å²) in [5.74, 6) is 0.0782. The van der Waals surface area contributed by atoms with Gasteiger partial charge in [-0.3, -0.25) is 4.79 Å². The summed E-state index contributed by atoms with van der Waals surface area (Å²) in [6.07, 6.45) is 3.00. The number of carbonyl (C=O) groups excluding carboxylic acids is 1. The summed E-state index contributed by atoms with van der Waals surface area (Å²) < 4.78 is 0.992. The maximum Gasteiger partial charge on any atom is 0.224 e. The number of halogens is 2. The van der Waals surface area contributed by atoms with E-state index >= 15 is 0 Å². The van der Waals surface area contributed by atoms with Gasteiger partial charge in [0.25, 0.3) is 0 Å². The highest BCUT2D eigenvalue weighted by Crippen LogP contribution is 2.18. The van der Waals surface area contributed by atoms with E-state index < -0.39 is 0 Å². The first-order chi connectivity index (χ1) is 8.25. The third-order valence-electron chi connectivity index (χ3n) is 2.77. The van der Waals surface area contributed by atoms with Crippen LogP contribution in [0.3, 0.4) is 0 Å². The number of rotatable bonds is 6. The Hall–Kier alpha value is -0.580. The molecule has 0 spiro atoms. The molecule has 1 aromatic rings. The smallest absolute Gasteiger partial charge is 0.224 e. The van der Waals surface area contributed by atoms with Crippen LogP contribution in [0, 0.1) is 0 Å². The Morgan fingerprint density at radius 3 is 2.67 bits per heavy atom. The predicted molar refractivity (Wildman–Crippen MR) is 79.1 cm³/mol. The van der Waals surface area contributed by atoms with E-state index in [4.69, 9.17) is 0 Å². The zero-order valence-corrected chi connectivity index (χ0v) is 12.5. The van der Waals surface area contributed by atoms with Gasteiger partial charge in [-0.25, -0.2) is 0 Å². The zero-order chi connectivity index (χ0) is 12.1. The molecule has 2 N–H and O–H groups in total. The molecule has 0 aliphatic heterocycles. The van der Waals surface area contributed by atoms with Crippen LogP contribution in [0.1, 0.15) is 18.4 Å². The molecule has 2 rings (SSSR count). The lowest BCUT2D eigenvalue weighted by molar-refractivity contribution is -0.120. The van der Waals surface area contributed by atoms with Crippen LogP contribution in [0.4, 0.5) is 0 Å². The summed E-state index contributed by atoms with van der Waals surface area (Å²) in [5, 5.41) is 6.28. The normalized spacial score (nSPS) is 13.8. The van der Waals surface area contributed by atoms with Crippen molar-refractivity contribution in [2.24, 2.45) is 0 Å². The van der Waals surface area contributed by atoms with Crippen LogP contribution >= 0.6 is 28.3 Å². The minimum atomic E-state index is 0. The van der Waals surface area contributed by atoms with E-state index in [1.807, 2.05) is 24.3 Å². The monoisotopic (exact) mass is 332 g/mol. The number of carbonyl (C=O) groups is 1. The Labute approximate surface area is 122 Å². The molecule has 100 valence electrons. The van der Waals surface area contributed by atoms with Gasteiger partial charge in [0.05, 0.1) is 6.42 Å². The topological polar surface area (TPSA) is 41.1 Å². The molecular weight excluding hydrogens is 316 g/mol. The van der Waals surface area contributed by atoms with Gasteiger partial charge in [0, 0.05) is 23.6 Å². The SMILES string of the molecule is Cl.O=C(Cc1ccccc1Br)NCCNC1CC1. The first-order valence-electron chi connectivity index (χ1n) is 5.99. The fourth-order valence-electron chi connectivity index (χ4n) is 1.64. The molecule has 1 aliphatic carbocycles. The van der Waals surface area contributed by atoms with Crippen LogP contribution in [0.15, 0.2) is 28.7 Å². The number of hydrogen-bond donors (Lipinski definition) is 2. The van der Waals surface area contributed by atoms with E-state index in [1.165, 1.54) is 12.8 Å². The second-order valence-electron chi connectivity index (χ2n) is 4.35. The molecule has 0 atom stereocenters. The minimum Gasteiger partial charge on any atom is -0.355 e. The fourth-order valence-corrected chi connectivity index (χ4v) is 2.07. The Bertz CT molecular complexity index is 396. The zero-order valence-electron chi connectivity index (χ0n) is 10.1. The van der Waals surface area contributed by atoms with Gasteiger partial charge in [-0.05, 0) is 24.5 Å².